The van der Waals surface area contributed by atoms with Crippen molar-refractivity contribution in [3.05, 3.63) is 0 Å². The van der Waals surface area contributed by atoms with Crippen molar-refractivity contribution in [3.63, 3.8) is 0 Å². The molecule has 0 heterocycles. The van der Waals surface area contributed by atoms with Gasteiger partial charge in [-0.3, -0.25) is 0 Å². The summed E-state index contributed by atoms with van der Waals surface area (Å²) >= 11 is 0. The van der Waals surface area contributed by atoms with Crippen molar-refractivity contribution in [2.45, 2.75) is 64.8 Å². The molecule has 0 bridgehead atoms. The van der Waals surface area contributed by atoms with E-state index in [-0.39, 0.29) is 0 Å². The first-order chi connectivity index (χ1) is 10.9. The molecule has 0 aromatic heterocycles. The van der Waals surface area contributed by atoms with Crippen molar-refractivity contribution < 1.29 is 18.6 Å². The second kappa shape index (κ2) is 21.1. The Kier molecular flexibility index (Phi) is 21.1. The summed E-state index contributed by atoms with van der Waals surface area (Å²) < 4.78 is 21.9. The molecule has 132 valence electrons. The Hall–Kier alpha value is 0.0569. The lowest BCUT2D eigenvalue weighted by atomic mass is 10.2. The number of unbranched alkanes of at least 4 members (excludes halogenated alkanes) is 5. The van der Waals surface area contributed by atoms with E-state index in [0.29, 0.717) is 49.4 Å². The van der Waals surface area contributed by atoms with E-state index in [0.717, 1.165) is 13.0 Å². The SMILES string of the molecule is CCCCCC[Si]OCCOCCOCCOCCCCC. The highest BCUT2D eigenvalue weighted by Crippen LogP contribution is 2.02. The molecule has 0 spiro atoms. The lowest BCUT2D eigenvalue weighted by Gasteiger charge is -2.07. The maximum Gasteiger partial charge on any atom is 0.229 e. The minimum Gasteiger partial charge on any atom is -0.415 e. The molecule has 0 aromatic rings. The van der Waals surface area contributed by atoms with Crippen LogP contribution in [0.4, 0.5) is 0 Å². The van der Waals surface area contributed by atoms with Crippen molar-refractivity contribution in [1.82, 2.24) is 0 Å². The highest BCUT2D eigenvalue weighted by molar-refractivity contribution is 6.26. The van der Waals surface area contributed by atoms with Crippen LogP contribution in [0.1, 0.15) is 58.8 Å². The molecule has 0 aliphatic heterocycles. The fourth-order valence-electron chi connectivity index (χ4n) is 1.86. The fraction of sp³-hybridized carbons (Fsp3) is 1.00. The first-order valence-corrected chi connectivity index (χ1v) is 10.1. The molecule has 0 amide bonds. The molecule has 0 rings (SSSR count). The molecule has 0 atom stereocenters. The first-order valence-electron chi connectivity index (χ1n) is 8.99. The summed E-state index contributed by atoms with van der Waals surface area (Å²) in [6.07, 6.45) is 8.90. The summed E-state index contributed by atoms with van der Waals surface area (Å²) in [5, 5.41) is 0. The first kappa shape index (κ1) is 22.1. The summed E-state index contributed by atoms with van der Waals surface area (Å²) in [7, 11) is 0.627. The predicted molar refractivity (Wildman–Crippen MR) is 92.6 cm³/mol. The zero-order chi connectivity index (χ0) is 16.1. The molecule has 4 nitrogen and oxygen atoms in total. The van der Waals surface area contributed by atoms with Gasteiger partial charge in [-0.15, -0.1) is 0 Å². The second-order valence-electron chi connectivity index (χ2n) is 5.35. The Bertz CT molecular complexity index is 173. The maximum atomic E-state index is 5.55. The highest BCUT2D eigenvalue weighted by Gasteiger charge is 1.95. The largest absolute Gasteiger partial charge is 0.415 e. The molecule has 0 N–H and O–H groups in total. The van der Waals surface area contributed by atoms with Crippen LogP contribution < -0.4 is 0 Å². The Morgan fingerprint density at radius 3 is 1.73 bits per heavy atom. The topological polar surface area (TPSA) is 36.9 Å². The monoisotopic (exact) mass is 332 g/mol. The molecule has 0 fully saturated rings. The van der Waals surface area contributed by atoms with Gasteiger partial charge < -0.3 is 18.6 Å². The van der Waals surface area contributed by atoms with Crippen molar-refractivity contribution in [1.29, 1.82) is 0 Å². The average molecular weight is 333 g/mol. The van der Waals surface area contributed by atoms with Gasteiger partial charge >= 0.3 is 0 Å². The van der Waals surface area contributed by atoms with Crippen molar-refractivity contribution in [2.75, 3.05) is 46.2 Å². The van der Waals surface area contributed by atoms with Crippen molar-refractivity contribution >= 4 is 9.76 Å². The van der Waals surface area contributed by atoms with E-state index < -0.39 is 0 Å². The van der Waals surface area contributed by atoms with Gasteiger partial charge in [0.25, 0.3) is 0 Å². The minimum atomic E-state index is 0.627. The van der Waals surface area contributed by atoms with Gasteiger partial charge in [0, 0.05) is 6.61 Å². The lowest BCUT2D eigenvalue weighted by Crippen LogP contribution is -2.12. The highest BCUT2D eigenvalue weighted by atomic mass is 28.2. The van der Waals surface area contributed by atoms with Gasteiger partial charge in [0.15, 0.2) is 0 Å². The second-order valence-corrected chi connectivity index (χ2v) is 6.43. The van der Waals surface area contributed by atoms with Crippen LogP contribution in [0, 0.1) is 0 Å². The molecule has 0 aliphatic rings. The lowest BCUT2D eigenvalue weighted by molar-refractivity contribution is 0.00895. The van der Waals surface area contributed by atoms with Crippen LogP contribution in [0.2, 0.25) is 6.04 Å². The number of rotatable bonds is 19. The van der Waals surface area contributed by atoms with E-state index >= 15 is 0 Å². The van der Waals surface area contributed by atoms with E-state index in [4.69, 9.17) is 18.6 Å². The molecule has 5 heteroatoms. The third-order valence-corrected chi connectivity index (χ3v) is 4.17. The Labute approximate surface area is 140 Å². The summed E-state index contributed by atoms with van der Waals surface area (Å²) in [4.78, 5) is 0. The van der Waals surface area contributed by atoms with Crippen molar-refractivity contribution in [3.8, 4) is 0 Å². The average Bonchev–Trinajstić information content (AvgIpc) is 2.54. The van der Waals surface area contributed by atoms with Gasteiger partial charge in [0.2, 0.25) is 9.76 Å². The van der Waals surface area contributed by atoms with Crippen molar-refractivity contribution in [2.24, 2.45) is 0 Å². The molecular formula is C17H36O4Si. The van der Waals surface area contributed by atoms with E-state index in [9.17, 15) is 0 Å². The van der Waals surface area contributed by atoms with E-state index in [2.05, 4.69) is 13.8 Å². The number of hydrogen-bond donors (Lipinski definition) is 0. The summed E-state index contributed by atoms with van der Waals surface area (Å²) in [6, 6.07) is 1.20. The van der Waals surface area contributed by atoms with Crippen LogP contribution in [0.15, 0.2) is 0 Å². The Balaban J connectivity index is 2.91. The fourth-order valence-corrected chi connectivity index (χ4v) is 2.63. The summed E-state index contributed by atoms with van der Waals surface area (Å²) in [6.45, 7) is 9.27. The zero-order valence-corrected chi connectivity index (χ0v) is 15.7. The minimum absolute atomic E-state index is 0.627. The summed E-state index contributed by atoms with van der Waals surface area (Å²) in [5.41, 5.74) is 0. The van der Waals surface area contributed by atoms with Gasteiger partial charge in [-0.25, -0.2) is 0 Å². The Morgan fingerprint density at radius 2 is 1.09 bits per heavy atom. The molecule has 0 unspecified atom stereocenters. The quantitative estimate of drug-likeness (QED) is 0.266. The van der Waals surface area contributed by atoms with Crippen LogP contribution in [0.3, 0.4) is 0 Å². The molecule has 0 aliphatic carbocycles. The van der Waals surface area contributed by atoms with Crippen LogP contribution in [0.25, 0.3) is 0 Å². The van der Waals surface area contributed by atoms with Gasteiger partial charge in [-0.1, -0.05) is 52.4 Å². The van der Waals surface area contributed by atoms with Gasteiger partial charge in [0.1, 0.15) is 0 Å². The van der Waals surface area contributed by atoms with Crippen LogP contribution >= 0.6 is 0 Å². The van der Waals surface area contributed by atoms with Crippen LogP contribution in [-0.4, -0.2) is 56.0 Å². The Morgan fingerprint density at radius 1 is 0.545 bits per heavy atom. The van der Waals surface area contributed by atoms with E-state index in [1.54, 1.807) is 0 Å². The summed E-state index contributed by atoms with van der Waals surface area (Å²) in [5.74, 6) is 0. The predicted octanol–water partition coefficient (Wildman–Crippen LogP) is 3.86. The number of hydrogen-bond acceptors (Lipinski definition) is 4. The number of ether oxygens (including phenoxy) is 3. The third kappa shape index (κ3) is 20.1. The third-order valence-electron chi connectivity index (χ3n) is 3.20. The normalized spacial score (nSPS) is 11.2. The molecule has 2 radical (unpaired) electrons. The molecule has 0 aromatic carbocycles. The van der Waals surface area contributed by atoms with E-state index in [1.165, 1.54) is 44.6 Å². The van der Waals surface area contributed by atoms with E-state index in [1.807, 2.05) is 0 Å². The maximum absolute atomic E-state index is 5.55. The standard InChI is InChI=1S/C17H36O4Si/c1-3-5-7-9-17-22-21-16-15-20-14-13-19-12-11-18-10-8-6-4-2/h3-17H2,1-2H3. The molecule has 0 saturated carbocycles. The van der Waals surface area contributed by atoms with Crippen LogP contribution in [0.5, 0.6) is 0 Å². The molecule has 0 saturated heterocycles. The molecular weight excluding hydrogens is 296 g/mol. The smallest absolute Gasteiger partial charge is 0.229 e. The van der Waals surface area contributed by atoms with Crippen LogP contribution in [-0.2, 0) is 18.6 Å². The molecule has 22 heavy (non-hydrogen) atoms. The zero-order valence-electron chi connectivity index (χ0n) is 14.7. The van der Waals surface area contributed by atoms with Gasteiger partial charge in [-0.2, -0.15) is 0 Å². The van der Waals surface area contributed by atoms with Gasteiger partial charge in [0.05, 0.1) is 39.6 Å². The van der Waals surface area contributed by atoms with Gasteiger partial charge in [-0.05, 0) is 12.5 Å².